The Bertz CT molecular complexity index is 721. The highest BCUT2D eigenvalue weighted by Gasteiger charge is 2.25. The molecule has 1 heterocycles. The van der Waals surface area contributed by atoms with E-state index in [1.807, 2.05) is 6.92 Å². The summed E-state index contributed by atoms with van der Waals surface area (Å²) in [5, 5.41) is 20.2. The number of aliphatic imine (C=N–C) groups is 1. The number of ketones is 1. The molecule has 0 fully saturated rings. The molecule has 0 aliphatic rings. The van der Waals surface area contributed by atoms with E-state index >= 15 is 0 Å². The van der Waals surface area contributed by atoms with Crippen LogP contribution in [0.15, 0.2) is 14.2 Å². The van der Waals surface area contributed by atoms with Crippen LogP contribution in [0, 0.1) is 0 Å². The van der Waals surface area contributed by atoms with E-state index in [1.54, 1.807) is 6.92 Å². The number of hydrogen-bond donors (Lipinski definition) is 2. The third-order valence-corrected chi connectivity index (χ3v) is 5.12. The van der Waals surface area contributed by atoms with Crippen LogP contribution in [0.2, 0.25) is 0 Å². The van der Waals surface area contributed by atoms with Crippen LogP contribution in [-0.4, -0.2) is 28.3 Å². The van der Waals surface area contributed by atoms with E-state index in [1.165, 1.54) is 51.4 Å². The van der Waals surface area contributed by atoms with Gasteiger partial charge in [0, 0.05) is 13.0 Å². The van der Waals surface area contributed by atoms with Crippen LogP contribution in [0.1, 0.15) is 114 Å². The van der Waals surface area contributed by atoms with Crippen molar-refractivity contribution in [1.82, 2.24) is 0 Å². The highest BCUT2D eigenvalue weighted by atomic mass is 16.5. The Labute approximate surface area is 174 Å². The van der Waals surface area contributed by atoms with E-state index in [0.717, 1.165) is 12.8 Å². The van der Waals surface area contributed by atoms with Gasteiger partial charge >= 0.3 is 5.63 Å². The average Bonchev–Trinajstić information content (AvgIpc) is 2.69. The second-order valence-corrected chi connectivity index (χ2v) is 7.43. The molecular formula is C23H37NO5. The van der Waals surface area contributed by atoms with Gasteiger partial charge in [-0.2, -0.15) is 0 Å². The molecule has 0 unspecified atom stereocenters. The van der Waals surface area contributed by atoms with Gasteiger partial charge in [-0.1, -0.05) is 78.6 Å². The Kier molecular flexibility index (Phi) is 12.0. The van der Waals surface area contributed by atoms with Crippen LogP contribution < -0.4 is 5.63 Å². The maximum absolute atomic E-state index is 12.1. The van der Waals surface area contributed by atoms with Crippen LogP contribution in [0.25, 0.3) is 0 Å². The lowest BCUT2D eigenvalue weighted by atomic mass is 10.0. The number of hydrogen-bond acceptors (Lipinski definition) is 6. The van der Waals surface area contributed by atoms with Crippen LogP contribution >= 0.6 is 0 Å². The molecule has 6 nitrogen and oxygen atoms in total. The first kappa shape index (κ1) is 24.9. The van der Waals surface area contributed by atoms with Gasteiger partial charge in [0.25, 0.3) is 5.95 Å². The molecule has 0 saturated heterocycles. The molecule has 0 amide bonds. The molecule has 0 radical (unpaired) electrons. The third kappa shape index (κ3) is 8.03. The van der Waals surface area contributed by atoms with Gasteiger partial charge in [-0.3, -0.25) is 9.79 Å². The van der Waals surface area contributed by atoms with E-state index in [2.05, 4.69) is 11.9 Å². The van der Waals surface area contributed by atoms with Crippen LogP contribution in [0.5, 0.6) is 11.7 Å². The summed E-state index contributed by atoms with van der Waals surface area (Å²) >= 11 is 0. The summed E-state index contributed by atoms with van der Waals surface area (Å²) in [6.07, 6.45) is 12.8. The minimum absolute atomic E-state index is 0.0749. The SMILES string of the molecule is CCCCCCCCCCCCN=C(CC)c1c(O)c(C(=O)CC)c(O)oc1=O. The van der Waals surface area contributed by atoms with Crippen molar-refractivity contribution in [1.29, 1.82) is 0 Å². The number of rotatable bonds is 15. The first-order chi connectivity index (χ1) is 14.0. The van der Waals surface area contributed by atoms with Crippen molar-refractivity contribution < 1.29 is 19.4 Å². The van der Waals surface area contributed by atoms with Crippen molar-refractivity contribution in [3.8, 4) is 11.7 Å². The molecule has 0 aliphatic carbocycles. The molecule has 1 rings (SSSR count). The Hall–Kier alpha value is -2.11. The van der Waals surface area contributed by atoms with Gasteiger partial charge in [-0.15, -0.1) is 0 Å². The monoisotopic (exact) mass is 407 g/mol. The second-order valence-electron chi connectivity index (χ2n) is 7.43. The summed E-state index contributed by atoms with van der Waals surface area (Å²) in [7, 11) is 0. The van der Waals surface area contributed by atoms with Gasteiger partial charge < -0.3 is 14.6 Å². The number of carbonyl (C=O) groups is 1. The molecule has 0 aliphatic heterocycles. The number of nitrogens with zero attached hydrogens (tertiary/aromatic N) is 1. The molecular weight excluding hydrogens is 370 g/mol. The molecule has 0 atom stereocenters. The maximum Gasteiger partial charge on any atom is 0.351 e. The summed E-state index contributed by atoms with van der Waals surface area (Å²) in [6, 6.07) is 0. The minimum Gasteiger partial charge on any atom is -0.506 e. The average molecular weight is 408 g/mol. The lowest BCUT2D eigenvalue weighted by Gasteiger charge is -2.10. The molecule has 6 heteroatoms. The van der Waals surface area contributed by atoms with Gasteiger partial charge in [-0.05, 0) is 12.8 Å². The molecule has 164 valence electrons. The topological polar surface area (TPSA) is 100 Å². The first-order valence-electron chi connectivity index (χ1n) is 11.1. The van der Waals surface area contributed by atoms with Gasteiger partial charge in [0.05, 0.1) is 5.71 Å². The highest BCUT2D eigenvalue weighted by molar-refractivity contribution is 6.07. The number of aromatic hydroxyl groups is 2. The van der Waals surface area contributed by atoms with Crippen molar-refractivity contribution in [3.05, 3.63) is 21.5 Å². The van der Waals surface area contributed by atoms with Gasteiger partial charge in [-0.25, -0.2) is 4.79 Å². The summed E-state index contributed by atoms with van der Waals surface area (Å²) in [6.45, 7) is 6.21. The molecule has 0 saturated carbocycles. The highest BCUT2D eigenvalue weighted by Crippen LogP contribution is 2.30. The molecule has 0 spiro atoms. The largest absolute Gasteiger partial charge is 0.506 e. The zero-order chi connectivity index (χ0) is 21.6. The van der Waals surface area contributed by atoms with E-state index in [0.29, 0.717) is 18.7 Å². The normalized spacial score (nSPS) is 11.8. The molecule has 1 aromatic heterocycles. The summed E-state index contributed by atoms with van der Waals surface area (Å²) in [5.41, 5.74) is -0.940. The number of Topliss-reactive ketones (excluding diaryl/α,β-unsaturated/α-hetero) is 1. The maximum atomic E-state index is 12.1. The smallest absolute Gasteiger partial charge is 0.351 e. The van der Waals surface area contributed by atoms with Crippen molar-refractivity contribution >= 4 is 11.5 Å². The Morgan fingerprint density at radius 1 is 0.828 bits per heavy atom. The number of unbranched alkanes of at least 4 members (excludes halogenated alkanes) is 9. The van der Waals surface area contributed by atoms with Crippen molar-refractivity contribution in [2.75, 3.05) is 6.54 Å². The van der Waals surface area contributed by atoms with Crippen molar-refractivity contribution in [2.24, 2.45) is 4.99 Å². The van der Waals surface area contributed by atoms with Gasteiger partial charge in [0.2, 0.25) is 0 Å². The fourth-order valence-electron chi connectivity index (χ4n) is 3.38. The van der Waals surface area contributed by atoms with Gasteiger partial charge in [0.1, 0.15) is 16.9 Å². The van der Waals surface area contributed by atoms with Crippen molar-refractivity contribution in [3.63, 3.8) is 0 Å². The van der Waals surface area contributed by atoms with E-state index in [9.17, 15) is 19.8 Å². The number of carbonyl (C=O) groups excluding carboxylic acids is 1. The van der Waals surface area contributed by atoms with Crippen LogP contribution in [-0.2, 0) is 0 Å². The second kappa shape index (κ2) is 14.0. The lowest BCUT2D eigenvalue weighted by molar-refractivity contribution is 0.0976. The molecule has 0 bridgehead atoms. The van der Waals surface area contributed by atoms with E-state index in [-0.39, 0.29) is 17.5 Å². The Balaban J connectivity index is 2.60. The standard InChI is InChI=1S/C23H37NO5/c1-4-7-8-9-10-11-12-13-14-15-16-24-17(5-2)19-21(26)20(18(25)6-3)23(28)29-22(19)27/h26,28H,4-16H2,1-3H3. The summed E-state index contributed by atoms with van der Waals surface area (Å²) < 4.78 is 4.77. The molecule has 29 heavy (non-hydrogen) atoms. The fourth-order valence-corrected chi connectivity index (χ4v) is 3.38. The predicted octanol–water partition coefficient (Wildman–Crippen LogP) is 5.76. The first-order valence-corrected chi connectivity index (χ1v) is 11.1. The quantitative estimate of drug-likeness (QED) is 0.219. The summed E-state index contributed by atoms with van der Waals surface area (Å²) in [5.74, 6) is -1.86. The zero-order valence-corrected chi connectivity index (χ0v) is 18.3. The molecule has 0 aromatic carbocycles. The van der Waals surface area contributed by atoms with Crippen molar-refractivity contribution in [2.45, 2.75) is 97.8 Å². The molecule has 1 aromatic rings. The summed E-state index contributed by atoms with van der Waals surface area (Å²) in [4.78, 5) is 28.6. The third-order valence-electron chi connectivity index (χ3n) is 5.12. The van der Waals surface area contributed by atoms with Crippen LogP contribution in [0.4, 0.5) is 0 Å². The van der Waals surface area contributed by atoms with E-state index in [4.69, 9.17) is 4.42 Å². The van der Waals surface area contributed by atoms with Crippen LogP contribution in [0.3, 0.4) is 0 Å². The van der Waals surface area contributed by atoms with E-state index < -0.39 is 23.1 Å². The zero-order valence-electron chi connectivity index (χ0n) is 18.3. The fraction of sp³-hybridized carbons (Fsp3) is 0.696. The molecule has 2 N–H and O–H groups in total. The Morgan fingerprint density at radius 2 is 1.38 bits per heavy atom. The Morgan fingerprint density at radius 3 is 1.90 bits per heavy atom. The predicted molar refractivity (Wildman–Crippen MR) is 116 cm³/mol. The van der Waals surface area contributed by atoms with Gasteiger partial charge in [0.15, 0.2) is 5.78 Å². The minimum atomic E-state index is -0.878. The lowest BCUT2D eigenvalue weighted by Crippen LogP contribution is -2.17.